The van der Waals surface area contributed by atoms with Gasteiger partial charge in [0.25, 0.3) is 0 Å². The third-order valence-corrected chi connectivity index (χ3v) is 1.74. The molecule has 0 aliphatic carbocycles. The van der Waals surface area contributed by atoms with Gasteiger partial charge < -0.3 is 11.5 Å². The summed E-state index contributed by atoms with van der Waals surface area (Å²) in [4.78, 5) is 3.91. The van der Waals surface area contributed by atoms with Gasteiger partial charge in [0, 0.05) is 35.8 Å². The zero-order valence-electron chi connectivity index (χ0n) is 7.62. The lowest BCUT2D eigenvalue weighted by molar-refractivity contribution is 1.44. The minimum Gasteiger partial charge on any atom is -0.399 e. The molecule has 3 heteroatoms. The van der Waals surface area contributed by atoms with E-state index in [9.17, 15) is 0 Å². The molecule has 1 aromatic carbocycles. The Labute approximate surface area is 77.8 Å². The second-order valence-corrected chi connectivity index (χ2v) is 2.72. The minimum absolute atomic E-state index is 0.502. The van der Waals surface area contributed by atoms with Crippen LogP contribution in [0, 0.1) is 0 Å². The molecule has 0 heterocycles. The average Bonchev–Trinajstić information content (AvgIpc) is 2.08. The molecule has 0 aliphatic rings. The van der Waals surface area contributed by atoms with Crippen molar-refractivity contribution in [3.8, 4) is 0 Å². The summed E-state index contributed by atoms with van der Waals surface area (Å²) in [6.45, 7) is 3.67. The Hall–Kier alpha value is -1.77. The van der Waals surface area contributed by atoms with Crippen molar-refractivity contribution in [3.63, 3.8) is 0 Å². The van der Waals surface area contributed by atoms with Crippen molar-refractivity contribution in [3.05, 3.63) is 35.9 Å². The molecule has 1 rings (SSSR count). The van der Waals surface area contributed by atoms with E-state index in [1.54, 1.807) is 13.3 Å². The predicted octanol–water partition coefficient (Wildman–Crippen LogP) is 1.25. The van der Waals surface area contributed by atoms with E-state index in [0.29, 0.717) is 11.4 Å². The van der Waals surface area contributed by atoms with Gasteiger partial charge in [-0.3, -0.25) is 4.99 Å². The van der Waals surface area contributed by atoms with E-state index in [4.69, 9.17) is 11.5 Å². The first kappa shape index (κ1) is 9.32. The van der Waals surface area contributed by atoms with Crippen molar-refractivity contribution >= 4 is 17.6 Å². The Bertz CT molecular complexity index is 353. The Balaban J connectivity index is 3.33. The van der Waals surface area contributed by atoms with E-state index < -0.39 is 0 Å². The highest BCUT2D eigenvalue weighted by Crippen LogP contribution is 2.18. The van der Waals surface area contributed by atoms with Crippen molar-refractivity contribution in [1.29, 1.82) is 0 Å². The Kier molecular flexibility index (Phi) is 2.69. The van der Waals surface area contributed by atoms with Crippen LogP contribution in [0.15, 0.2) is 29.8 Å². The largest absolute Gasteiger partial charge is 0.399 e. The summed E-state index contributed by atoms with van der Waals surface area (Å²) in [5.41, 5.74) is 14.2. The fraction of sp³-hybridized carbons (Fsp3) is 0.100. The molecular formula is C10H13N3. The van der Waals surface area contributed by atoms with Crippen LogP contribution in [0.4, 0.5) is 5.69 Å². The SMILES string of the molecule is C=C(N)c1cccc(N)c1C=NC. The molecule has 3 nitrogen and oxygen atoms in total. The summed E-state index contributed by atoms with van der Waals surface area (Å²) in [7, 11) is 1.69. The molecule has 0 atom stereocenters. The van der Waals surface area contributed by atoms with Crippen LogP contribution in [0.3, 0.4) is 0 Å². The Morgan fingerprint density at radius 1 is 1.54 bits per heavy atom. The van der Waals surface area contributed by atoms with E-state index >= 15 is 0 Å². The molecule has 0 saturated heterocycles. The molecule has 68 valence electrons. The molecule has 0 saturated carbocycles. The van der Waals surface area contributed by atoms with Crippen molar-refractivity contribution in [2.24, 2.45) is 10.7 Å². The Morgan fingerprint density at radius 3 is 2.77 bits per heavy atom. The lowest BCUT2D eigenvalue weighted by Gasteiger charge is -2.06. The van der Waals surface area contributed by atoms with Gasteiger partial charge in [-0.05, 0) is 6.07 Å². The van der Waals surface area contributed by atoms with E-state index in [2.05, 4.69) is 11.6 Å². The monoisotopic (exact) mass is 175 g/mol. The standard InChI is InChI=1S/C10H13N3/c1-7(11)8-4-3-5-10(12)9(8)6-13-2/h3-6H,1,11-12H2,2H3. The van der Waals surface area contributed by atoms with Crippen molar-refractivity contribution < 1.29 is 0 Å². The molecule has 0 unspecified atom stereocenters. The van der Waals surface area contributed by atoms with Crippen LogP contribution in [0.1, 0.15) is 11.1 Å². The molecule has 1 aromatic rings. The zero-order chi connectivity index (χ0) is 9.84. The van der Waals surface area contributed by atoms with Gasteiger partial charge in [0.05, 0.1) is 0 Å². The highest BCUT2D eigenvalue weighted by molar-refractivity contribution is 5.93. The molecule has 0 aliphatic heterocycles. The average molecular weight is 175 g/mol. The van der Waals surface area contributed by atoms with Gasteiger partial charge in [0.15, 0.2) is 0 Å². The molecule has 0 amide bonds. The van der Waals surface area contributed by atoms with Crippen molar-refractivity contribution in [2.75, 3.05) is 12.8 Å². The third-order valence-electron chi connectivity index (χ3n) is 1.74. The van der Waals surface area contributed by atoms with E-state index in [1.807, 2.05) is 18.2 Å². The van der Waals surface area contributed by atoms with E-state index in [1.165, 1.54) is 0 Å². The van der Waals surface area contributed by atoms with E-state index in [-0.39, 0.29) is 0 Å². The summed E-state index contributed by atoms with van der Waals surface area (Å²) >= 11 is 0. The summed E-state index contributed by atoms with van der Waals surface area (Å²) < 4.78 is 0. The van der Waals surface area contributed by atoms with Crippen LogP contribution < -0.4 is 11.5 Å². The van der Waals surface area contributed by atoms with Gasteiger partial charge in [-0.2, -0.15) is 0 Å². The second kappa shape index (κ2) is 3.76. The number of hydrogen-bond acceptors (Lipinski definition) is 3. The molecule has 0 aromatic heterocycles. The van der Waals surface area contributed by atoms with E-state index in [0.717, 1.165) is 11.1 Å². The molecular weight excluding hydrogens is 162 g/mol. The van der Waals surface area contributed by atoms with Gasteiger partial charge in [-0.1, -0.05) is 18.7 Å². The maximum atomic E-state index is 5.76. The topological polar surface area (TPSA) is 64.4 Å². The first-order valence-corrected chi connectivity index (χ1v) is 3.92. The number of anilines is 1. The highest BCUT2D eigenvalue weighted by Gasteiger charge is 2.03. The van der Waals surface area contributed by atoms with Gasteiger partial charge in [-0.25, -0.2) is 0 Å². The van der Waals surface area contributed by atoms with Crippen LogP contribution in [0.25, 0.3) is 5.70 Å². The number of hydrogen-bond donors (Lipinski definition) is 2. The van der Waals surface area contributed by atoms with Gasteiger partial charge in [0.2, 0.25) is 0 Å². The number of benzene rings is 1. The molecule has 13 heavy (non-hydrogen) atoms. The first-order valence-electron chi connectivity index (χ1n) is 3.92. The summed E-state index contributed by atoms with van der Waals surface area (Å²) in [5, 5.41) is 0. The summed E-state index contributed by atoms with van der Waals surface area (Å²) in [5.74, 6) is 0. The fourth-order valence-electron chi connectivity index (χ4n) is 1.14. The van der Waals surface area contributed by atoms with Crippen molar-refractivity contribution in [1.82, 2.24) is 0 Å². The highest BCUT2D eigenvalue weighted by atomic mass is 14.7. The zero-order valence-corrected chi connectivity index (χ0v) is 7.62. The number of aliphatic imine (C=N–C) groups is 1. The minimum atomic E-state index is 0.502. The molecule has 0 fully saturated rings. The van der Waals surface area contributed by atoms with Crippen LogP contribution in [-0.4, -0.2) is 13.3 Å². The lowest BCUT2D eigenvalue weighted by atomic mass is 10.0. The summed E-state index contributed by atoms with van der Waals surface area (Å²) in [6.07, 6.45) is 1.68. The maximum Gasteiger partial charge on any atom is 0.0409 e. The molecule has 0 spiro atoms. The van der Waals surface area contributed by atoms with Gasteiger partial charge in [0.1, 0.15) is 0 Å². The maximum absolute atomic E-state index is 5.76. The number of nitrogen functional groups attached to an aromatic ring is 1. The third kappa shape index (κ3) is 1.87. The number of rotatable bonds is 2. The normalized spacial score (nSPS) is 10.5. The number of nitrogens with zero attached hydrogens (tertiary/aromatic N) is 1. The van der Waals surface area contributed by atoms with Crippen LogP contribution in [0.2, 0.25) is 0 Å². The summed E-state index contributed by atoms with van der Waals surface area (Å²) in [6, 6.07) is 5.52. The second-order valence-electron chi connectivity index (χ2n) is 2.72. The van der Waals surface area contributed by atoms with Crippen molar-refractivity contribution in [2.45, 2.75) is 0 Å². The van der Waals surface area contributed by atoms with Gasteiger partial charge >= 0.3 is 0 Å². The van der Waals surface area contributed by atoms with Crippen LogP contribution in [-0.2, 0) is 0 Å². The van der Waals surface area contributed by atoms with Crippen LogP contribution >= 0.6 is 0 Å². The lowest BCUT2D eigenvalue weighted by Crippen LogP contribution is -2.02. The fourth-order valence-corrected chi connectivity index (χ4v) is 1.14. The van der Waals surface area contributed by atoms with Gasteiger partial charge in [-0.15, -0.1) is 0 Å². The number of nitrogens with two attached hydrogens (primary N) is 2. The molecule has 4 N–H and O–H groups in total. The quantitative estimate of drug-likeness (QED) is 0.524. The molecule has 0 radical (unpaired) electrons. The Morgan fingerprint density at radius 2 is 2.23 bits per heavy atom. The first-order chi connectivity index (χ1) is 6.16. The van der Waals surface area contributed by atoms with Crippen LogP contribution in [0.5, 0.6) is 0 Å². The predicted molar refractivity (Wildman–Crippen MR) is 57.6 cm³/mol. The molecule has 0 bridgehead atoms. The smallest absolute Gasteiger partial charge is 0.0409 e.